The summed E-state index contributed by atoms with van der Waals surface area (Å²) in [6, 6.07) is 6.20. The van der Waals surface area contributed by atoms with Gasteiger partial charge in [-0.1, -0.05) is 43.1 Å². The van der Waals surface area contributed by atoms with Gasteiger partial charge in [-0.05, 0) is 30.5 Å². The lowest BCUT2D eigenvalue weighted by Gasteiger charge is -2.39. The van der Waals surface area contributed by atoms with Crippen molar-refractivity contribution in [3.63, 3.8) is 0 Å². The Morgan fingerprint density at radius 3 is 2.32 bits per heavy atom. The van der Waals surface area contributed by atoms with Gasteiger partial charge in [-0.25, -0.2) is 0 Å². The molecule has 1 saturated heterocycles. The second-order valence-corrected chi connectivity index (χ2v) is 6.34. The van der Waals surface area contributed by atoms with Gasteiger partial charge in [0.25, 0.3) is 0 Å². The van der Waals surface area contributed by atoms with E-state index in [-0.39, 0.29) is 5.41 Å². The molecule has 1 N–H and O–H groups in total. The molecule has 1 aliphatic heterocycles. The molecule has 106 valence electrons. The van der Waals surface area contributed by atoms with Gasteiger partial charge in [0.1, 0.15) is 0 Å². The Kier molecular flexibility index (Phi) is 5.13. The molecular weight excluding hydrogens is 281 g/mol. The van der Waals surface area contributed by atoms with Gasteiger partial charge in [0.05, 0.1) is 0 Å². The van der Waals surface area contributed by atoms with E-state index in [0.29, 0.717) is 6.04 Å². The fourth-order valence-electron chi connectivity index (χ4n) is 2.68. The lowest BCUT2D eigenvalue weighted by atomic mass is 9.74. The highest BCUT2D eigenvalue weighted by atomic mass is 35.5. The van der Waals surface area contributed by atoms with Crippen LogP contribution < -0.4 is 5.32 Å². The fraction of sp³-hybridized carbons (Fsp3) is 0.600. The van der Waals surface area contributed by atoms with Crippen LogP contribution in [0.2, 0.25) is 10.0 Å². The third-order valence-electron chi connectivity index (χ3n) is 3.79. The zero-order valence-electron chi connectivity index (χ0n) is 11.5. The van der Waals surface area contributed by atoms with Crippen LogP contribution in [0.5, 0.6) is 0 Å². The Bertz CT molecular complexity index is 408. The minimum absolute atomic E-state index is 0.0159. The predicted octanol–water partition coefficient (Wildman–Crippen LogP) is 4.04. The van der Waals surface area contributed by atoms with E-state index in [1.807, 2.05) is 18.2 Å². The fourth-order valence-corrected chi connectivity index (χ4v) is 3.48. The summed E-state index contributed by atoms with van der Waals surface area (Å²) in [7, 11) is 0. The number of nitrogens with one attached hydrogen (secondary N) is 1. The molecular formula is C15H21Cl2NO. The summed E-state index contributed by atoms with van der Waals surface area (Å²) >= 11 is 12.8. The van der Waals surface area contributed by atoms with Crippen molar-refractivity contribution < 1.29 is 4.74 Å². The molecule has 0 unspecified atom stereocenters. The van der Waals surface area contributed by atoms with E-state index < -0.39 is 0 Å². The van der Waals surface area contributed by atoms with Crippen LogP contribution in [0.4, 0.5) is 0 Å². The number of halogens is 2. The molecule has 2 rings (SSSR count). The SMILES string of the molecule is CC(C)NCC1(c2c(Cl)cccc2Cl)CCOCC1. The van der Waals surface area contributed by atoms with Crippen molar-refractivity contribution in [2.45, 2.75) is 38.1 Å². The van der Waals surface area contributed by atoms with Crippen LogP contribution in [-0.4, -0.2) is 25.8 Å². The van der Waals surface area contributed by atoms with Gasteiger partial charge < -0.3 is 10.1 Å². The first-order chi connectivity index (χ1) is 9.05. The summed E-state index contributed by atoms with van der Waals surface area (Å²) in [6.07, 6.45) is 1.91. The molecule has 1 aromatic rings. The quantitative estimate of drug-likeness (QED) is 0.906. The Hall–Kier alpha value is -0.280. The maximum Gasteiger partial charge on any atom is 0.0475 e. The van der Waals surface area contributed by atoms with Gasteiger partial charge in [0, 0.05) is 41.3 Å². The molecule has 4 heteroatoms. The number of ether oxygens (including phenoxy) is 1. The van der Waals surface area contributed by atoms with Crippen LogP contribution in [0.1, 0.15) is 32.3 Å². The second kappa shape index (κ2) is 6.45. The molecule has 0 bridgehead atoms. The molecule has 0 aromatic heterocycles. The minimum atomic E-state index is -0.0159. The van der Waals surface area contributed by atoms with E-state index in [0.717, 1.165) is 48.2 Å². The zero-order valence-corrected chi connectivity index (χ0v) is 13.0. The first-order valence-electron chi connectivity index (χ1n) is 6.81. The predicted molar refractivity (Wildman–Crippen MR) is 81.3 cm³/mol. The average Bonchev–Trinajstić information content (AvgIpc) is 2.37. The van der Waals surface area contributed by atoms with E-state index in [1.165, 1.54) is 0 Å². The van der Waals surface area contributed by atoms with Gasteiger partial charge in [0.2, 0.25) is 0 Å². The standard InChI is InChI=1S/C15H21Cl2NO/c1-11(2)18-10-15(6-8-19-9-7-15)14-12(16)4-3-5-13(14)17/h3-5,11,18H,6-10H2,1-2H3. The molecule has 0 aliphatic carbocycles. The van der Waals surface area contributed by atoms with Gasteiger partial charge in [-0.2, -0.15) is 0 Å². The normalized spacial score (nSPS) is 18.8. The molecule has 1 aromatic carbocycles. The molecule has 0 atom stereocenters. The number of hydrogen-bond donors (Lipinski definition) is 1. The molecule has 0 saturated carbocycles. The van der Waals surface area contributed by atoms with Crippen LogP contribution in [0.3, 0.4) is 0 Å². The summed E-state index contributed by atoms with van der Waals surface area (Å²) < 4.78 is 5.52. The Morgan fingerprint density at radius 2 is 1.79 bits per heavy atom. The van der Waals surface area contributed by atoms with Crippen molar-refractivity contribution in [1.82, 2.24) is 5.32 Å². The van der Waals surface area contributed by atoms with Gasteiger partial charge in [-0.15, -0.1) is 0 Å². The van der Waals surface area contributed by atoms with Gasteiger partial charge >= 0.3 is 0 Å². The molecule has 0 amide bonds. The lowest BCUT2D eigenvalue weighted by molar-refractivity contribution is 0.0493. The number of benzene rings is 1. The Morgan fingerprint density at radius 1 is 1.21 bits per heavy atom. The lowest BCUT2D eigenvalue weighted by Crippen LogP contribution is -2.45. The molecule has 19 heavy (non-hydrogen) atoms. The monoisotopic (exact) mass is 301 g/mol. The largest absolute Gasteiger partial charge is 0.381 e. The summed E-state index contributed by atoms with van der Waals surface area (Å²) in [5, 5.41) is 5.06. The van der Waals surface area contributed by atoms with Crippen LogP contribution in [0, 0.1) is 0 Å². The average molecular weight is 302 g/mol. The van der Waals surface area contributed by atoms with E-state index >= 15 is 0 Å². The smallest absolute Gasteiger partial charge is 0.0475 e. The first kappa shape index (κ1) is 15.1. The van der Waals surface area contributed by atoms with Crippen molar-refractivity contribution in [3.05, 3.63) is 33.8 Å². The second-order valence-electron chi connectivity index (χ2n) is 5.52. The van der Waals surface area contributed by atoms with Crippen molar-refractivity contribution >= 4 is 23.2 Å². The first-order valence-corrected chi connectivity index (χ1v) is 7.56. The van der Waals surface area contributed by atoms with Crippen LogP contribution >= 0.6 is 23.2 Å². The van der Waals surface area contributed by atoms with E-state index in [9.17, 15) is 0 Å². The molecule has 0 spiro atoms. The van der Waals surface area contributed by atoms with Gasteiger partial charge in [-0.3, -0.25) is 0 Å². The Labute approximate surface area is 125 Å². The molecule has 0 radical (unpaired) electrons. The molecule has 1 aliphatic rings. The summed E-state index contributed by atoms with van der Waals surface area (Å²) in [6.45, 7) is 6.72. The third kappa shape index (κ3) is 3.43. The van der Waals surface area contributed by atoms with Crippen LogP contribution in [0.15, 0.2) is 18.2 Å². The Balaban J connectivity index is 2.36. The van der Waals surface area contributed by atoms with E-state index in [1.54, 1.807) is 0 Å². The number of hydrogen-bond acceptors (Lipinski definition) is 2. The van der Waals surface area contributed by atoms with E-state index in [2.05, 4.69) is 19.2 Å². The zero-order chi connectivity index (χ0) is 13.9. The van der Waals surface area contributed by atoms with Gasteiger partial charge in [0.15, 0.2) is 0 Å². The number of rotatable bonds is 4. The summed E-state index contributed by atoms with van der Waals surface area (Å²) in [5.41, 5.74) is 1.06. The molecule has 2 nitrogen and oxygen atoms in total. The highest BCUT2D eigenvalue weighted by molar-refractivity contribution is 6.36. The highest BCUT2D eigenvalue weighted by Crippen LogP contribution is 2.42. The van der Waals surface area contributed by atoms with E-state index in [4.69, 9.17) is 27.9 Å². The summed E-state index contributed by atoms with van der Waals surface area (Å²) in [5.74, 6) is 0. The third-order valence-corrected chi connectivity index (χ3v) is 4.42. The summed E-state index contributed by atoms with van der Waals surface area (Å²) in [4.78, 5) is 0. The van der Waals surface area contributed by atoms with Crippen LogP contribution in [0.25, 0.3) is 0 Å². The topological polar surface area (TPSA) is 21.3 Å². The maximum absolute atomic E-state index is 6.41. The highest BCUT2D eigenvalue weighted by Gasteiger charge is 2.37. The maximum atomic E-state index is 6.41. The van der Waals surface area contributed by atoms with Crippen molar-refractivity contribution in [3.8, 4) is 0 Å². The van der Waals surface area contributed by atoms with Crippen molar-refractivity contribution in [1.29, 1.82) is 0 Å². The molecule has 1 fully saturated rings. The van der Waals surface area contributed by atoms with Crippen LogP contribution in [-0.2, 0) is 10.2 Å². The minimum Gasteiger partial charge on any atom is -0.381 e. The molecule has 1 heterocycles. The van der Waals surface area contributed by atoms with Crippen molar-refractivity contribution in [2.75, 3.05) is 19.8 Å². The van der Waals surface area contributed by atoms with Crippen molar-refractivity contribution in [2.24, 2.45) is 0 Å².